The van der Waals surface area contributed by atoms with E-state index in [1.54, 1.807) is 12.1 Å². The summed E-state index contributed by atoms with van der Waals surface area (Å²) in [7, 11) is 0. The van der Waals surface area contributed by atoms with Gasteiger partial charge >= 0.3 is 6.09 Å². The maximum atomic E-state index is 13.0. The molecule has 0 radical (unpaired) electrons. The molecule has 1 aromatic rings. The second-order valence-corrected chi connectivity index (χ2v) is 7.15. The Morgan fingerprint density at radius 3 is 2.65 bits per heavy atom. The summed E-state index contributed by atoms with van der Waals surface area (Å²) in [6.45, 7) is 9.13. The molecule has 1 amide bonds. The van der Waals surface area contributed by atoms with Gasteiger partial charge in [-0.1, -0.05) is 12.1 Å². The SMILES string of the molecule is C[C@H](NCC1CCCN1C(=O)OC(C)(C)C)c1ccc(F)cc1. The number of nitrogens with zero attached hydrogens (tertiary/aromatic N) is 1. The lowest BCUT2D eigenvalue weighted by Gasteiger charge is -2.29. The van der Waals surface area contributed by atoms with Crippen molar-refractivity contribution in [2.24, 2.45) is 0 Å². The molecule has 128 valence electrons. The maximum absolute atomic E-state index is 13.0. The van der Waals surface area contributed by atoms with Gasteiger partial charge in [0.2, 0.25) is 0 Å². The summed E-state index contributed by atoms with van der Waals surface area (Å²) in [5, 5.41) is 3.44. The van der Waals surface area contributed by atoms with E-state index in [0.717, 1.165) is 24.9 Å². The third-order valence-corrected chi connectivity index (χ3v) is 4.03. The van der Waals surface area contributed by atoms with Gasteiger partial charge in [-0.2, -0.15) is 0 Å². The van der Waals surface area contributed by atoms with Crippen LogP contribution in [0.15, 0.2) is 24.3 Å². The molecule has 1 heterocycles. The van der Waals surface area contributed by atoms with Crippen LogP contribution in [0.4, 0.5) is 9.18 Å². The van der Waals surface area contributed by atoms with Crippen LogP contribution in [0.5, 0.6) is 0 Å². The number of hydrogen-bond acceptors (Lipinski definition) is 3. The number of carbonyl (C=O) groups is 1. The van der Waals surface area contributed by atoms with Crippen molar-refractivity contribution in [3.8, 4) is 0 Å². The first kappa shape index (κ1) is 17.7. The van der Waals surface area contributed by atoms with Crippen LogP contribution >= 0.6 is 0 Å². The Hall–Kier alpha value is -1.62. The van der Waals surface area contributed by atoms with Gasteiger partial charge in [-0.3, -0.25) is 0 Å². The molecular formula is C18H27FN2O2. The number of rotatable bonds is 4. The average molecular weight is 322 g/mol. The number of halogens is 1. The first-order valence-corrected chi connectivity index (χ1v) is 8.25. The lowest BCUT2D eigenvalue weighted by Crippen LogP contribution is -2.44. The van der Waals surface area contributed by atoms with Gasteiger partial charge in [0.25, 0.3) is 0 Å². The number of amides is 1. The van der Waals surface area contributed by atoms with Crippen LogP contribution in [0.2, 0.25) is 0 Å². The van der Waals surface area contributed by atoms with Crippen molar-refractivity contribution in [3.05, 3.63) is 35.6 Å². The largest absolute Gasteiger partial charge is 0.444 e. The molecule has 1 fully saturated rings. The summed E-state index contributed by atoms with van der Waals surface area (Å²) in [6, 6.07) is 6.76. The number of carbonyl (C=O) groups excluding carboxylic acids is 1. The molecule has 0 aliphatic carbocycles. The molecule has 2 atom stereocenters. The Morgan fingerprint density at radius 2 is 2.04 bits per heavy atom. The van der Waals surface area contributed by atoms with Crippen molar-refractivity contribution in [2.75, 3.05) is 13.1 Å². The first-order valence-electron chi connectivity index (χ1n) is 8.25. The Bertz CT molecular complexity index is 525. The molecule has 0 spiro atoms. The molecule has 1 aliphatic rings. The Labute approximate surface area is 138 Å². The van der Waals surface area contributed by atoms with Gasteiger partial charge in [-0.05, 0) is 58.2 Å². The van der Waals surface area contributed by atoms with E-state index in [1.807, 2.05) is 32.6 Å². The second kappa shape index (κ2) is 7.30. The zero-order valence-electron chi connectivity index (χ0n) is 14.4. The molecule has 1 unspecified atom stereocenters. The summed E-state index contributed by atoms with van der Waals surface area (Å²) in [5.74, 6) is -0.229. The van der Waals surface area contributed by atoms with Gasteiger partial charge in [0.15, 0.2) is 0 Å². The molecule has 23 heavy (non-hydrogen) atoms. The second-order valence-electron chi connectivity index (χ2n) is 7.15. The van der Waals surface area contributed by atoms with Crippen molar-refractivity contribution < 1.29 is 13.9 Å². The van der Waals surface area contributed by atoms with E-state index in [4.69, 9.17) is 4.74 Å². The zero-order valence-corrected chi connectivity index (χ0v) is 14.4. The fourth-order valence-corrected chi connectivity index (χ4v) is 2.79. The minimum Gasteiger partial charge on any atom is -0.444 e. The highest BCUT2D eigenvalue weighted by Crippen LogP contribution is 2.21. The molecule has 1 saturated heterocycles. The summed E-state index contributed by atoms with van der Waals surface area (Å²) < 4.78 is 18.5. The first-order chi connectivity index (χ1) is 10.8. The summed E-state index contributed by atoms with van der Waals surface area (Å²) >= 11 is 0. The minimum atomic E-state index is -0.473. The van der Waals surface area contributed by atoms with Crippen molar-refractivity contribution in [3.63, 3.8) is 0 Å². The fourth-order valence-electron chi connectivity index (χ4n) is 2.79. The van der Waals surface area contributed by atoms with Gasteiger partial charge in [0, 0.05) is 25.2 Å². The van der Waals surface area contributed by atoms with E-state index in [9.17, 15) is 9.18 Å². The number of hydrogen-bond donors (Lipinski definition) is 1. The number of ether oxygens (including phenoxy) is 1. The molecule has 1 aromatic carbocycles. The van der Waals surface area contributed by atoms with Crippen LogP contribution in [0.1, 0.15) is 52.1 Å². The molecule has 2 rings (SSSR count). The number of likely N-dealkylation sites (tertiary alicyclic amines) is 1. The number of nitrogens with one attached hydrogen (secondary N) is 1. The molecule has 1 aliphatic heterocycles. The summed E-state index contributed by atoms with van der Waals surface area (Å²) in [5.41, 5.74) is 0.562. The van der Waals surface area contributed by atoms with Crippen LogP contribution in [0.25, 0.3) is 0 Å². The van der Waals surface area contributed by atoms with Crippen molar-refractivity contribution in [2.45, 2.75) is 58.2 Å². The lowest BCUT2D eigenvalue weighted by atomic mass is 10.1. The average Bonchev–Trinajstić information content (AvgIpc) is 2.92. The Kier molecular flexibility index (Phi) is 5.63. The Balaban J connectivity index is 1.88. The normalized spacial score (nSPS) is 19.7. The van der Waals surface area contributed by atoms with Gasteiger partial charge in [-0.25, -0.2) is 9.18 Å². The highest BCUT2D eigenvalue weighted by molar-refractivity contribution is 5.69. The van der Waals surface area contributed by atoms with Gasteiger partial charge in [0.1, 0.15) is 11.4 Å². The van der Waals surface area contributed by atoms with E-state index in [1.165, 1.54) is 12.1 Å². The molecule has 1 N–H and O–H groups in total. The quantitative estimate of drug-likeness (QED) is 0.915. The number of benzene rings is 1. The predicted octanol–water partition coefficient (Wildman–Crippen LogP) is 3.88. The van der Waals surface area contributed by atoms with E-state index in [-0.39, 0.29) is 24.0 Å². The van der Waals surface area contributed by atoms with Crippen LogP contribution in [0.3, 0.4) is 0 Å². The molecule has 4 nitrogen and oxygen atoms in total. The van der Waals surface area contributed by atoms with Gasteiger partial charge < -0.3 is 15.0 Å². The van der Waals surface area contributed by atoms with Gasteiger partial charge in [0.05, 0.1) is 0 Å². The standard InChI is InChI=1S/C18H27FN2O2/c1-13(14-7-9-15(19)10-8-14)20-12-16-6-5-11-21(16)17(22)23-18(2,3)4/h7-10,13,16,20H,5-6,11-12H2,1-4H3/t13-,16?/m0/s1. The minimum absolute atomic E-state index is 0.108. The molecule has 5 heteroatoms. The Morgan fingerprint density at radius 1 is 1.39 bits per heavy atom. The molecule has 0 bridgehead atoms. The zero-order chi connectivity index (χ0) is 17.0. The monoisotopic (exact) mass is 322 g/mol. The highest BCUT2D eigenvalue weighted by atomic mass is 19.1. The van der Waals surface area contributed by atoms with E-state index >= 15 is 0 Å². The molecular weight excluding hydrogens is 295 g/mol. The van der Waals surface area contributed by atoms with Gasteiger partial charge in [-0.15, -0.1) is 0 Å². The molecule has 0 aromatic heterocycles. The van der Waals surface area contributed by atoms with E-state index in [2.05, 4.69) is 5.32 Å². The summed E-state index contributed by atoms with van der Waals surface area (Å²) in [4.78, 5) is 14.1. The maximum Gasteiger partial charge on any atom is 0.410 e. The van der Waals surface area contributed by atoms with Crippen LogP contribution in [0, 0.1) is 5.82 Å². The lowest BCUT2D eigenvalue weighted by molar-refractivity contribution is 0.0225. The van der Waals surface area contributed by atoms with E-state index < -0.39 is 5.60 Å². The summed E-state index contributed by atoms with van der Waals surface area (Å²) in [6.07, 6.45) is 1.73. The highest BCUT2D eigenvalue weighted by Gasteiger charge is 2.32. The predicted molar refractivity (Wildman–Crippen MR) is 88.8 cm³/mol. The third kappa shape index (κ3) is 5.20. The van der Waals surface area contributed by atoms with Crippen LogP contribution in [-0.2, 0) is 4.74 Å². The van der Waals surface area contributed by atoms with E-state index in [0.29, 0.717) is 6.54 Å². The topological polar surface area (TPSA) is 41.6 Å². The van der Waals surface area contributed by atoms with Crippen molar-refractivity contribution in [1.82, 2.24) is 10.2 Å². The third-order valence-electron chi connectivity index (χ3n) is 4.03. The van der Waals surface area contributed by atoms with Crippen molar-refractivity contribution in [1.29, 1.82) is 0 Å². The van der Waals surface area contributed by atoms with Crippen LogP contribution in [-0.4, -0.2) is 35.7 Å². The van der Waals surface area contributed by atoms with Crippen LogP contribution < -0.4 is 5.32 Å². The fraction of sp³-hybridized carbons (Fsp3) is 0.611. The molecule has 0 saturated carbocycles. The smallest absolute Gasteiger partial charge is 0.410 e. The van der Waals surface area contributed by atoms with Crippen molar-refractivity contribution >= 4 is 6.09 Å².